The third kappa shape index (κ3) is 1.10. The Bertz CT molecular complexity index is 379. The second kappa shape index (κ2) is 2.77. The molecule has 1 N–H and O–H groups in total. The highest BCUT2D eigenvalue weighted by atomic mass is 19.1. The number of pyridine rings is 1. The number of carbonyl (C=O) groups is 1. The molecule has 1 saturated carbocycles. The van der Waals surface area contributed by atoms with Gasteiger partial charge >= 0.3 is 5.97 Å². The number of rotatable bonds is 2. The summed E-state index contributed by atoms with van der Waals surface area (Å²) < 4.78 is 13.4. The molecule has 1 aliphatic rings. The minimum Gasteiger partial charge on any atom is -0.481 e. The Balaban J connectivity index is 2.56. The molecule has 0 radical (unpaired) electrons. The Morgan fingerprint density at radius 3 is 2.64 bits per heavy atom. The molecule has 0 bridgehead atoms. The minimum absolute atomic E-state index is 0.306. The molecule has 0 aromatic carbocycles. The number of aryl methyl sites for hydroxylation is 1. The molecule has 74 valence electrons. The normalized spacial score (nSPS) is 17.9. The highest BCUT2D eigenvalue weighted by Crippen LogP contribution is 2.50. The fraction of sp³-hybridized carbons (Fsp3) is 0.400. The van der Waals surface area contributed by atoms with Crippen molar-refractivity contribution >= 4 is 5.97 Å². The summed E-state index contributed by atoms with van der Waals surface area (Å²) in [6.45, 7) is 1.69. The number of aliphatic carboxylic acids is 1. The van der Waals surface area contributed by atoms with Crippen LogP contribution in [0.1, 0.15) is 24.0 Å². The maximum Gasteiger partial charge on any atom is 0.314 e. The van der Waals surface area contributed by atoms with Crippen LogP contribution in [-0.2, 0) is 10.2 Å². The van der Waals surface area contributed by atoms with Crippen LogP contribution in [0.5, 0.6) is 0 Å². The fourth-order valence-electron chi connectivity index (χ4n) is 1.83. The van der Waals surface area contributed by atoms with Gasteiger partial charge in [-0.05, 0) is 25.3 Å². The molecule has 0 spiro atoms. The molecule has 0 atom stereocenters. The maximum atomic E-state index is 13.4. The van der Waals surface area contributed by atoms with E-state index < -0.39 is 17.2 Å². The van der Waals surface area contributed by atoms with Gasteiger partial charge in [0.25, 0.3) is 0 Å². The molecule has 1 fully saturated rings. The van der Waals surface area contributed by atoms with Crippen LogP contribution in [0.2, 0.25) is 0 Å². The van der Waals surface area contributed by atoms with E-state index in [0.717, 1.165) is 6.20 Å². The Hall–Kier alpha value is -1.45. The molecule has 1 aromatic rings. The van der Waals surface area contributed by atoms with Gasteiger partial charge in [-0.15, -0.1) is 0 Å². The topological polar surface area (TPSA) is 50.2 Å². The predicted molar refractivity (Wildman–Crippen MR) is 47.5 cm³/mol. The van der Waals surface area contributed by atoms with Crippen molar-refractivity contribution in [3.63, 3.8) is 0 Å². The maximum absolute atomic E-state index is 13.4. The molecule has 1 aliphatic carbocycles. The van der Waals surface area contributed by atoms with E-state index in [1.54, 1.807) is 6.92 Å². The van der Waals surface area contributed by atoms with Gasteiger partial charge in [-0.3, -0.25) is 9.78 Å². The summed E-state index contributed by atoms with van der Waals surface area (Å²) in [5, 5.41) is 9.02. The average molecular weight is 195 g/mol. The van der Waals surface area contributed by atoms with Crippen LogP contribution in [0.3, 0.4) is 0 Å². The minimum atomic E-state index is -0.975. The van der Waals surface area contributed by atoms with Gasteiger partial charge in [0.05, 0.1) is 11.6 Å². The van der Waals surface area contributed by atoms with Crippen molar-refractivity contribution in [3.05, 3.63) is 29.3 Å². The summed E-state index contributed by atoms with van der Waals surface area (Å²) in [7, 11) is 0. The van der Waals surface area contributed by atoms with E-state index in [1.807, 2.05) is 0 Å². The molecule has 0 aliphatic heterocycles. The first-order chi connectivity index (χ1) is 6.58. The Morgan fingerprint density at radius 1 is 1.57 bits per heavy atom. The number of carboxylic acids is 1. The van der Waals surface area contributed by atoms with E-state index in [4.69, 9.17) is 5.11 Å². The lowest BCUT2D eigenvalue weighted by molar-refractivity contribution is -0.140. The van der Waals surface area contributed by atoms with Crippen molar-refractivity contribution < 1.29 is 14.3 Å². The smallest absolute Gasteiger partial charge is 0.314 e. The zero-order chi connectivity index (χ0) is 10.3. The third-order valence-corrected chi connectivity index (χ3v) is 2.73. The lowest BCUT2D eigenvalue weighted by Crippen LogP contribution is -2.22. The summed E-state index contributed by atoms with van der Waals surface area (Å²) in [6, 6.07) is 0. The summed E-state index contributed by atoms with van der Waals surface area (Å²) in [6.07, 6.45) is 3.61. The van der Waals surface area contributed by atoms with Gasteiger partial charge in [-0.2, -0.15) is 0 Å². The SMILES string of the molecule is Cc1cncc(F)c1C1(C(=O)O)CC1. The van der Waals surface area contributed by atoms with Crippen LogP contribution in [0, 0.1) is 12.7 Å². The van der Waals surface area contributed by atoms with Gasteiger partial charge in [-0.1, -0.05) is 0 Å². The zero-order valence-corrected chi connectivity index (χ0v) is 7.75. The van der Waals surface area contributed by atoms with Crippen molar-refractivity contribution in [1.29, 1.82) is 0 Å². The van der Waals surface area contributed by atoms with Crippen LogP contribution in [0.25, 0.3) is 0 Å². The predicted octanol–water partition coefficient (Wildman–Crippen LogP) is 1.65. The van der Waals surface area contributed by atoms with Crippen LogP contribution < -0.4 is 0 Å². The van der Waals surface area contributed by atoms with Crippen LogP contribution >= 0.6 is 0 Å². The third-order valence-electron chi connectivity index (χ3n) is 2.73. The van der Waals surface area contributed by atoms with E-state index in [-0.39, 0.29) is 0 Å². The average Bonchev–Trinajstić information content (AvgIpc) is 2.85. The van der Waals surface area contributed by atoms with Crippen molar-refractivity contribution in [2.24, 2.45) is 0 Å². The summed E-state index contributed by atoms with van der Waals surface area (Å²) in [5.74, 6) is -1.45. The Morgan fingerprint density at radius 2 is 2.21 bits per heavy atom. The van der Waals surface area contributed by atoms with Crippen LogP contribution in [-0.4, -0.2) is 16.1 Å². The Labute approximate surface area is 80.6 Å². The molecule has 0 saturated heterocycles. The number of aromatic nitrogens is 1. The molecule has 4 heteroatoms. The van der Waals surface area contributed by atoms with Crippen LogP contribution in [0.4, 0.5) is 4.39 Å². The Kier molecular flexibility index (Phi) is 1.80. The molecule has 14 heavy (non-hydrogen) atoms. The van der Waals surface area contributed by atoms with E-state index >= 15 is 0 Å². The molecule has 1 aromatic heterocycles. The number of halogens is 1. The van der Waals surface area contributed by atoms with Gasteiger partial charge in [-0.25, -0.2) is 4.39 Å². The number of nitrogens with zero attached hydrogens (tertiary/aromatic N) is 1. The van der Waals surface area contributed by atoms with Gasteiger partial charge in [0.15, 0.2) is 0 Å². The monoisotopic (exact) mass is 195 g/mol. The first-order valence-corrected chi connectivity index (χ1v) is 4.42. The number of hydrogen-bond acceptors (Lipinski definition) is 2. The second-order valence-electron chi connectivity index (χ2n) is 3.70. The first-order valence-electron chi connectivity index (χ1n) is 4.42. The molecular weight excluding hydrogens is 185 g/mol. The molecule has 0 unspecified atom stereocenters. The summed E-state index contributed by atoms with van der Waals surface area (Å²) >= 11 is 0. The molecule has 0 amide bonds. The van der Waals surface area contributed by atoms with E-state index in [9.17, 15) is 9.18 Å². The second-order valence-corrected chi connectivity index (χ2v) is 3.70. The summed E-state index contributed by atoms with van der Waals surface area (Å²) in [4.78, 5) is 14.7. The quantitative estimate of drug-likeness (QED) is 0.780. The van der Waals surface area contributed by atoms with Gasteiger partial charge < -0.3 is 5.11 Å². The zero-order valence-electron chi connectivity index (χ0n) is 7.75. The lowest BCUT2D eigenvalue weighted by atomic mass is 9.93. The van der Waals surface area contributed by atoms with Crippen molar-refractivity contribution in [3.8, 4) is 0 Å². The van der Waals surface area contributed by atoms with Crippen molar-refractivity contribution in [2.75, 3.05) is 0 Å². The van der Waals surface area contributed by atoms with E-state index in [1.165, 1.54) is 6.20 Å². The van der Waals surface area contributed by atoms with Gasteiger partial charge in [0.2, 0.25) is 0 Å². The van der Waals surface area contributed by atoms with Crippen molar-refractivity contribution in [1.82, 2.24) is 4.98 Å². The van der Waals surface area contributed by atoms with E-state index in [0.29, 0.717) is 24.0 Å². The standard InChI is InChI=1S/C10H10FNO2/c1-6-4-12-5-7(11)8(6)10(2-3-10)9(13)14/h4-5H,2-3H2,1H3,(H,13,14). The van der Waals surface area contributed by atoms with Crippen molar-refractivity contribution in [2.45, 2.75) is 25.2 Å². The van der Waals surface area contributed by atoms with Crippen LogP contribution in [0.15, 0.2) is 12.4 Å². The number of carboxylic acid groups (broad SMARTS) is 1. The highest BCUT2D eigenvalue weighted by Gasteiger charge is 2.54. The number of hydrogen-bond donors (Lipinski definition) is 1. The molecule has 2 rings (SSSR count). The molecular formula is C10H10FNO2. The van der Waals surface area contributed by atoms with E-state index in [2.05, 4.69) is 4.98 Å². The fourth-order valence-corrected chi connectivity index (χ4v) is 1.83. The summed E-state index contributed by atoms with van der Waals surface area (Å²) in [5.41, 5.74) is -0.0539. The highest BCUT2D eigenvalue weighted by molar-refractivity contribution is 5.85. The molecule has 1 heterocycles. The van der Waals surface area contributed by atoms with Gasteiger partial charge in [0, 0.05) is 11.8 Å². The largest absolute Gasteiger partial charge is 0.481 e. The molecule has 3 nitrogen and oxygen atoms in total. The van der Waals surface area contributed by atoms with Gasteiger partial charge in [0.1, 0.15) is 5.82 Å². The lowest BCUT2D eigenvalue weighted by Gasteiger charge is -2.13. The first kappa shape index (κ1) is 9.12.